The maximum absolute atomic E-state index is 12.4. The summed E-state index contributed by atoms with van der Waals surface area (Å²) in [5.74, 6) is -0.183. The molecule has 1 rings (SSSR count). The molecule has 0 aliphatic carbocycles. The molecule has 3 nitrogen and oxygen atoms in total. The summed E-state index contributed by atoms with van der Waals surface area (Å²) in [7, 11) is 0. The van der Waals surface area contributed by atoms with E-state index in [4.69, 9.17) is 5.73 Å². The fraction of sp³-hybridized carbons (Fsp3) is 0.538. The van der Waals surface area contributed by atoms with Crippen LogP contribution in [-0.2, 0) is 0 Å². The van der Waals surface area contributed by atoms with Crippen molar-refractivity contribution in [2.75, 3.05) is 19.6 Å². The van der Waals surface area contributed by atoms with E-state index in [0.29, 0.717) is 18.7 Å². The van der Waals surface area contributed by atoms with Crippen LogP contribution in [0.1, 0.15) is 25.5 Å². The third kappa shape index (κ3) is 4.40. The first kappa shape index (κ1) is 15.8. The van der Waals surface area contributed by atoms with Gasteiger partial charge in [-0.25, -0.2) is 0 Å². The molecule has 0 saturated heterocycles. The Morgan fingerprint density at radius 3 is 2.26 bits per heavy atom. The van der Waals surface area contributed by atoms with Crippen molar-refractivity contribution in [1.82, 2.24) is 4.90 Å². The molecule has 0 spiro atoms. The second-order valence-corrected chi connectivity index (χ2v) is 4.06. The van der Waals surface area contributed by atoms with Crippen LogP contribution in [0.2, 0.25) is 0 Å². The van der Waals surface area contributed by atoms with E-state index < -0.39 is 6.36 Å². The number of para-hydroxylation sites is 1. The highest BCUT2D eigenvalue weighted by Crippen LogP contribution is 2.32. The van der Waals surface area contributed by atoms with E-state index in [9.17, 15) is 13.2 Å². The Morgan fingerprint density at radius 1 is 1.21 bits per heavy atom. The summed E-state index contributed by atoms with van der Waals surface area (Å²) < 4.78 is 41.2. The lowest BCUT2D eigenvalue weighted by Gasteiger charge is -2.30. The lowest BCUT2D eigenvalue weighted by molar-refractivity contribution is -0.275. The molecule has 0 heterocycles. The van der Waals surface area contributed by atoms with Crippen molar-refractivity contribution in [3.05, 3.63) is 29.8 Å². The monoisotopic (exact) mass is 276 g/mol. The highest BCUT2D eigenvalue weighted by molar-refractivity contribution is 5.36. The molecule has 108 valence electrons. The minimum atomic E-state index is -4.70. The first-order valence-corrected chi connectivity index (χ1v) is 6.21. The van der Waals surface area contributed by atoms with Crippen molar-refractivity contribution in [2.45, 2.75) is 26.3 Å². The minimum Gasteiger partial charge on any atom is -0.405 e. The quantitative estimate of drug-likeness (QED) is 0.868. The first-order chi connectivity index (χ1) is 8.92. The maximum Gasteiger partial charge on any atom is 0.573 e. The Labute approximate surface area is 111 Å². The third-order valence-electron chi connectivity index (χ3n) is 2.98. The van der Waals surface area contributed by atoms with Crippen molar-refractivity contribution in [3.8, 4) is 5.75 Å². The molecular formula is C13H19F3N2O. The van der Waals surface area contributed by atoms with Crippen molar-refractivity contribution >= 4 is 0 Å². The summed E-state index contributed by atoms with van der Waals surface area (Å²) in [5.41, 5.74) is 6.17. The zero-order chi connectivity index (χ0) is 14.5. The summed E-state index contributed by atoms with van der Waals surface area (Å²) >= 11 is 0. The summed E-state index contributed by atoms with van der Waals surface area (Å²) in [5, 5.41) is 0. The van der Waals surface area contributed by atoms with Crippen molar-refractivity contribution < 1.29 is 17.9 Å². The van der Waals surface area contributed by atoms with Gasteiger partial charge in [-0.1, -0.05) is 32.0 Å². The molecular weight excluding hydrogens is 257 g/mol. The average molecular weight is 276 g/mol. The Bertz CT molecular complexity index is 392. The van der Waals surface area contributed by atoms with Crippen LogP contribution >= 0.6 is 0 Å². The molecule has 0 aliphatic rings. The number of nitrogens with two attached hydrogens (primary N) is 1. The topological polar surface area (TPSA) is 38.5 Å². The number of hydrogen-bond acceptors (Lipinski definition) is 3. The standard InChI is InChI=1S/C13H19F3N2O/c1-3-18(4-2)11(9-17)10-7-5-6-8-12(10)19-13(14,15)16/h5-8,11H,3-4,9,17H2,1-2H3. The lowest BCUT2D eigenvalue weighted by Crippen LogP contribution is -2.34. The van der Waals surface area contributed by atoms with Crippen LogP contribution in [0.4, 0.5) is 13.2 Å². The molecule has 0 bridgehead atoms. The molecule has 6 heteroatoms. The molecule has 1 atom stereocenters. The highest BCUT2D eigenvalue weighted by atomic mass is 19.4. The van der Waals surface area contributed by atoms with E-state index in [1.165, 1.54) is 12.1 Å². The number of rotatable bonds is 6. The van der Waals surface area contributed by atoms with E-state index in [2.05, 4.69) is 4.74 Å². The van der Waals surface area contributed by atoms with Gasteiger partial charge in [-0.2, -0.15) is 0 Å². The van der Waals surface area contributed by atoms with Crippen LogP contribution in [-0.4, -0.2) is 30.9 Å². The molecule has 1 aromatic rings. The SMILES string of the molecule is CCN(CC)C(CN)c1ccccc1OC(F)(F)F. The smallest absolute Gasteiger partial charge is 0.405 e. The van der Waals surface area contributed by atoms with Gasteiger partial charge in [0.1, 0.15) is 5.75 Å². The maximum atomic E-state index is 12.4. The number of nitrogens with zero attached hydrogens (tertiary/aromatic N) is 1. The van der Waals surface area contributed by atoms with Crippen LogP contribution in [0.15, 0.2) is 24.3 Å². The molecule has 0 saturated carbocycles. The molecule has 1 unspecified atom stereocenters. The highest BCUT2D eigenvalue weighted by Gasteiger charge is 2.33. The molecule has 0 radical (unpaired) electrons. The van der Waals surface area contributed by atoms with Crippen LogP contribution in [0.3, 0.4) is 0 Å². The van der Waals surface area contributed by atoms with Gasteiger partial charge in [0.2, 0.25) is 0 Å². The molecule has 0 amide bonds. The van der Waals surface area contributed by atoms with Gasteiger partial charge >= 0.3 is 6.36 Å². The minimum absolute atomic E-state index is 0.183. The first-order valence-electron chi connectivity index (χ1n) is 6.21. The van der Waals surface area contributed by atoms with Crippen molar-refractivity contribution in [3.63, 3.8) is 0 Å². The summed E-state index contributed by atoms with van der Waals surface area (Å²) in [6, 6.07) is 5.85. The van der Waals surface area contributed by atoms with Gasteiger partial charge in [-0.3, -0.25) is 4.90 Å². The Morgan fingerprint density at radius 2 is 1.79 bits per heavy atom. The number of alkyl halides is 3. The van der Waals surface area contributed by atoms with Crippen LogP contribution < -0.4 is 10.5 Å². The van der Waals surface area contributed by atoms with Crippen LogP contribution in [0.25, 0.3) is 0 Å². The van der Waals surface area contributed by atoms with Crippen LogP contribution in [0, 0.1) is 0 Å². The normalized spacial score (nSPS) is 13.6. The third-order valence-corrected chi connectivity index (χ3v) is 2.98. The second-order valence-electron chi connectivity index (χ2n) is 4.06. The summed E-state index contributed by atoms with van der Waals surface area (Å²) in [6.45, 7) is 5.54. The molecule has 19 heavy (non-hydrogen) atoms. The zero-order valence-corrected chi connectivity index (χ0v) is 11.1. The predicted octanol–water partition coefficient (Wildman–Crippen LogP) is 2.93. The zero-order valence-electron chi connectivity index (χ0n) is 11.1. The average Bonchev–Trinajstić information content (AvgIpc) is 2.35. The van der Waals surface area contributed by atoms with Crippen molar-refractivity contribution in [1.29, 1.82) is 0 Å². The van der Waals surface area contributed by atoms with Gasteiger partial charge in [0, 0.05) is 12.1 Å². The van der Waals surface area contributed by atoms with Gasteiger partial charge in [-0.05, 0) is 19.2 Å². The predicted molar refractivity (Wildman–Crippen MR) is 67.8 cm³/mol. The Hall–Kier alpha value is -1.27. The van der Waals surface area contributed by atoms with E-state index in [1.807, 2.05) is 18.7 Å². The van der Waals surface area contributed by atoms with Gasteiger partial charge in [0.05, 0.1) is 6.04 Å². The largest absolute Gasteiger partial charge is 0.573 e. The Balaban J connectivity index is 3.09. The van der Waals surface area contributed by atoms with Crippen molar-refractivity contribution in [2.24, 2.45) is 5.73 Å². The van der Waals surface area contributed by atoms with Gasteiger partial charge < -0.3 is 10.5 Å². The lowest BCUT2D eigenvalue weighted by atomic mass is 10.0. The molecule has 0 aliphatic heterocycles. The molecule has 0 fully saturated rings. The molecule has 2 N–H and O–H groups in total. The number of halogens is 3. The second kappa shape index (κ2) is 6.77. The molecule has 0 aromatic heterocycles. The number of benzene rings is 1. The van der Waals surface area contributed by atoms with Gasteiger partial charge in [0.25, 0.3) is 0 Å². The number of likely N-dealkylation sites (N-methyl/N-ethyl adjacent to an activating group) is 1. The summed E-state index contributed by atoms with van der Waals surface area (Å²) in [6.07, 6.45) is -4.70. The van der Waals surface area contributed by atoms with E-state index in [1.54, 1.807) is 12.1 Å². The van der Waals surface area contributed by atoms with Crippen LogP contribution in [0.5, 0.6) is 5.75 Å². The fourth-order valence-electron chi connectivity index (χ4n) is 2.11. The Kier molecular flexibility index (Phi) is 5.62. The number of ether oxygens (including phenoxy) is 1. The summed E-state index contributed by atoms with van der Waals surface area (Å²) in [4.78, 5) is 2.00. The molecule has 1 aromatic carbocycles. The van der Waals surface area contributed by atoms with E-state index >= 15 is 0 Å². The van der Waals surface area contributed by atoms with Gasteiger partial charge in [0.15, 0.2) is 0 Å². The van der Waals surface area contributed by atoms with E-state index in [-0.39, 0.29) is 18.3 Å². The number of hydrogen-bond donors (Lipinski definition) is 1. The van der Waals surface area contributed by atoms with Gasteiger partial charge in [-0.15, -0.1) is 13.2 Å². The fourth-order valence-corrected chi connectivity index (χ4v) is 2.11. The van der Waals surface area contributed by atoms with E-state index in [0.717, 1.165) is 0 Å².